The minimum absolute atomic E-state index is 0.0297. The number of methoxy groups -OCH3 is 1. The fraction of sp³-hybridized carbons (Fsp3) is 0.308. The van der Waals surface area contributed by atoms with Crippen molar-refractivity contribution in [1.82, 2.24) is 15.0 Å². The largest absolute Gasteiger partial charge is 0.497 e. The van der Waals surface area contributed by atoms with E-state index in [1.807, 2.05) is 24.3 Å². The standard InChI is InChI=1S/C13H14ClN3O3/c1-3-20-13(18)11-12(14)16-17(15-11)8-9-4-6-10(19-2)7-5-9/h4-7H,3,8H2,1-2H3. The fourth-order valence-electron chi connectivity index (χ4n) is 1.62. The molecule has 0 saturated heterocycles. The highest BCUT2D eigenvalue weighted by Crippen LogP contribution is 2.14. The number of benzene rings is 1. The summed E-state index contributed by atoms with van der Waals surface area (Å²) in [6.45, 7) is 2.39. The number of ether oxygens (including phenoxy) is 2. The van der Waals surface area contributed by atoms with Gasteiger partial charge in [0.1, 0.15) is 5.75 Å². The van der Waals surface area contributed by atoms with Crippen LogP contribution in [0.25, 0.3) is 0 Å². The monoisotopic (exact) mass is 295 g/mol. The molecule has 0 fully saturated rings. The molecule has 0 spiro atoms. The van der Waals surface area contributed by atoms with Gasteiger partial charge in [0.05, 0.1) is 20.3 Å². The number of nitrogens with zero attached hydrogens (tertiary/aromatic N) is 3. The molecule has 0 amide bonds. The normalized spacial score (nSPS) is 10.3. The number of carbonyl (C=O) groups excluding carboxylic acids is 1. The third-order valence-electron chi connectivity index (χ3n) is 2.57. The zero-order valence-corrected chi connectivity index (χ0v) is 11.9. The molecule has 1 aromatic carbocycles. The predicted molar refractivity (Wildman–Crippen MR) is 73.1 cm³/mol. The fourth-order valence-corrected chi connectivity index (χ4v) is 1.82. The van der Waals surface area contributed by atoms with E-state index in [0.29, 0.717) is 6.54 Å². The van der Waals surface area contributed by atoms with Crippen LogP contribution in [0.15, 0.2) is 24.3 Å². The van der Waals surface area contributed by atoms with Crippen LogP contribution in [0.3, 0.4) is 0 Å². The lowest BCUT2D eigenvalue weighted by Gasteiger charge is -2.02. The average molecular weight is 296 g/mol. The molecule has 0 aliphatic heterocycles. The van der Waals surface area contributed by atoms with Crippen LogP contribution in [0.4, 0.5) is 0 Å². The van der Waals surface area contributed by atoms with E-state index in [4.69, 9.17) is 21.1 Å². The van der Waals surface area contributed by atoms with Crippen LogP contribution < -0.4 is 4.74 Å². The lowest BCUT2D eigenvalue weighted by Crippen LogP contribution is -2.08. The number of rotatable bonds is 5. The predicted octanol–water partition coefficient (Wildman–Crippen LogP) is 2.17. The van der Waals surface area contributed by atoms with Crippen molar-refractivity contribution in [1.29, 1.82) is 0 Å². The Morgan fingerprint density at radius 1 is 1.30 bits per heavy atom. The van der Waals surface area contributed by atoms with Crippen LogP contribution in [-0.2, 0) is 11.3 Å². The maximum Gasteiger partial charge on any atom is 0.362 e. The topological polar surface area (TPSA) is 66.2 Å². The van der Waals surface area contributed by atoms with Gasteiger partial charge in [-0.1, -0.05) is 23.7 Å². The van der Waals surface area contributed by atoms with Crippen LogP contribution in [0.1, 0.15) is 23.0 Å². The van der Waals surface area contributed by atoms with E-state index >= 15 is 0 Å². The molecule has 0 bridgehead atoms. The molecule has 20 heavy (non-hydrogen) atoms. The maximum absolute atomic E-state index is 11.6. The second-order valence-corrected chi connectivity index (χ2v) is 4.30. The van der Waals surface area contributed by atoms with Gasteiger partial charge in [-0.25, -0.2) is 4.79 Å². The quantitative estimate of drug-likeness (QED) is 0.791. The van der Waals surface area contributed by atoms with Gasteiger partial charge in [0, 0.05) is 0 Å². The van der Waals surface area contributed by atoms with Crippen LogP contribution in [0, 0.1) is 0 Å². The van der Waals surface area contributed by atoms with Crippen LogP contribution in [0.5, 0.6) is 5.75 Å². The molecule has 0 radical (unpaired) electrons. The Hall–Kier alpha value is -2.08. The van der Waals surface area contributed by atoms with Crippen molar-refractivity contribution < 1.29 is 14.3 Å². The summed E-state index contributed by atoms with van der Waals surface area (Å²) in [5, 5.41) is 8.06. The summed E-state index contributed by atoms with van der Waals surface area (Å²) in [6, 6.07) is 7.46. The molecule has 1 aromatic heterocycles. The Morgan fingerprint density at radius 3 is 2.60 bits per heavy atom. The van der Waals surface area contributed by atoms with Crippen molar-refractivity contribution in [2.45, 2.75) is 13.5 Å². The lowest BCUT2D eigenvalue weighted by atomic mass is 10.2. The number of hydrogen-bond acceptors (Lipinski definition) is 5. The Bertz CT molecular complexity index is 595. The highest BCUT2D eigenvalue weighted by atomic mass is 35.5. The molecule has 0 N–H and O–H groups in total. The second kappa shape index (κ2) is 6.38. The van der Waals surface area contributed by atoms with Gasteiger partial charge in [-0.15, -0.1) is 10.2 Å². The first-order valence-corrected chi connectivity index (χ1v) is 6.42. The molecule has 7 heteroatoms. The van der Waals surface area contributed by atoms with E-state index < -0.39 is 5.97 Å². The summed E-state index contributed by atoms with van der Waals surface area (Å²) in [5.41, 5.74) is 0.995. The second-order valence-electron chi connectivity index (χ2n) is 3.94. The molecule has 0 atom stereocenters. The highest BCUT2D eigenvalue weighted by Gasteiger charge is 2.18. The Balaban J connectivity index is 2.13. The van der Waals surface area contributed by atoms with Crippen molar-refractivity contribution in [2.75, 3.05) is 13.7 Å². The summed E-state index contributed by atoms with van der Waals surface area (Å²) in [7, 11) is 1.61. The lowest BCUT2D eigenvalue weighted by molar-refractivity contribution is 0.0518. The number of hydrogen-bond donors (Lipinski definition) is 0. The van der Waals surface area contributed by atoms with Gasteiger partial charge in [0.2, 0.25) is 5.69 Å². The van der Waals surface area contributed by atoms with Crippen molar-refractivity contribution in [2.24, 2.45) is 0 Å². The minimum Gasteiger partial charge on any atom is -0.497 e. The summed E-state index contributed by atoms with van der Waals surface area (Å²) in [4.78, 5) is 12.9. The van der Waals surface area contributed by atoms with Gasteiger partial charge >= 0.3 is 5.97 Å². The van der Waals surface area contributed by atoms with Crippen molar-refractivity contribution >= 4 is 17.6 Å². The first-order chi connectivity index (χ1) is 9.63. The number of carbonyl (C=O) groups is 1. The van der Waals surface area contributed by atoms with Crippen molar-refractivity contribution in [3.8, 4) is 5.75 Å². The van der Waals surface area contributed by atoms with Gasteiger partial charge in [-0.3, -0.25) is 0 Å². The van der Waals surface area contributed by atoms with Crippen LogP contribution in [0.2, 0.25) is 5.15 Å². The van der Waals surface area contributed by atoms with Gasteiger partial charge in [0.25, 0.3) is 0 Å². The maximum atomic E-state index is 11.6. The Morgan fingerprint density at radius 2 is 2.00 bits per heavy atom. The Labute approximate surface area is 121 Å². The molecule has 0 unspecified atom stereocenters. The first kappa shape index (κ1) is 14.3. The Kier molecular flexibility index (Phi) is 4.57. The average Bonchev–Trinajstić information content (AvgIpc) is 2.81. The summed E-state index contributed by atoms with van der Waals surface area (Å²) in [6.07, 6.45) is 0. The van der Waals surface area contributed by atoms with E-state index in [1.165, 1.54) is 4.80 Å². The van der Waals surface area contributed by atoms with Gasteiger partial charge < -0.3 is 9.47 Å². The zero-order chi connectivity index (χ0) is 14.5. The summed E-state index contributed by atoms with van der Waals surface area (Å²) < 4.78 is 9.93. The van der Waals surface area contributed by atoms with Gasteiger partial charge in [-0.05, 0) is 24.6 Å². The number of esters is 1. The molecule has 6 nitrogen and oxygen atoms in total. The molecule has 2 aromatic rings. The smallest absolute Gasteiger partial charge is 0.362 e. The summed E-state index contributed by atoms with van der Waals surface area (Å²) in [5.74, 6) is 0.200. The summed E-state index contributed by atoms with van der Waals surface area (Å²) >= 11 is 5.87. The third-order valence-corrected chi connectivity index (χ3v) is 2.82. The van der Waals surface area contributed by atoms with Crippen LogP contribution >= 0.6 is 11.6 Å². The third kappa shape index (κ3) is 3.27. The van der Waals surface area contributed by atoms with E-state index in [1.54, 1.807) is 14.0 Å². The highest BCUT2D eigenvalue weighted by molar-refractivity contribution is 6.32. The number of aromatic nitrogens is 3. The van der Waals surface area contributed by atoms with Crippen molar-refractivity contribution in [3.63, 3.8) is 0 Å². The van der Waals surface area contributed by atoms with E-state index in [-0.39, 0.29) is 17.5 Å². The molecule has 0 saturated carbocycles. The molecule has 1 heterocycles. The van der Waals surface area contributed by atoms with Crippen molar-refractivity contribution in [3.05, 3.63) is 40.7 Å². The van der Waals surface area contributed by atoms with Gasteiger partial charge in [0.15, 0.2) is 5.15 Å². The van der Waals surface area contributed by atoms with E-state index in [2.05, 4.69) is 10.2 Å². The SMILES string of the molecule is CCOC(=O)c1nn(Cc2ccc(OC)cc2)nc1Cl. The molecule has 106 valence electrons. The molecular formula is C13H14ClN3O3. The molecular weight excluding hydrogens is 282 g/mol. The van der Waals surface area contributed by atoms with Gasteiger partial charge in [-0.2, -0.15) is 4.80 Å². The van der Waals surface area contributed by atoms with Crippen LogP contribution in [-0.4, -0.2) is 34.7 Å². The zero-order valence-electron chi connectivity index (χ0n) is 11.2. The molecule has 0 aliphatic carbocycles. The van der Waals surface area contributed by atoms with E-state index in [9.17, 15) is 4.79 Å². The first-order valence-electron chi connectivity index (χ1n) is 6.04. The minimum atomic E-state index is -0.571. The van der Waals surface area contributed by atoms with E-state index in [0.717, 1.165) is 11.3 Å². The molecule has 0 aliphatic rings. The molecule has 2 rings (SSSR count). The number of halogens is 1.